The van der Waals surface area contributed by atoms with Gasteiger partial charge in [-0.1, -0.05) is 115 Å². The summed E-state index contributed by atoms with van der Waals surface area (Å²) in [5.41, 5.74) is 12.1. The third-order valence-electron chi connectivity index (χ3n) is 11.1. The zero-order chi connectivity index (χ0) is 36.6. The number of para-hydroxylation sites is 5. The van der Waals surface area contributed by atoms with Crippen molar-refractivity contribution >= 4 is 71.1 Å². The van der Waals surface area contributed by atoms with Crippen molar-refractivity contribution in [3.05, 3.63) is 193 Å². The molecule has 0 atom stereocenters. The Morgan fingerprint density at radius 3 is 1.47 bits per heavy atom. The average molecular weight is 700 g/mol. The molecule has 5 nitrogen and oxygen atoms in total. The first-order valence-corrected chi connectivity index (χ1v) is 18.3. The molecular formula is C50H29N5. The number of fused-ring (bicyclic) bond motifs is 9. The summed E-state index contributed by atoms with van der Waals surface area (Å²) in [6.45, 7) is 8.32. The van der Waals surface area contributed by atoms with Gasteiger partial charge in [0.05, 0.1) is 56.6 Å². The van der Waals surface area contributed by atoms with Gasteiger partial charge in [-0.15, -0.1) is 0 Å². The molecule has 0 fully saturated rings. The smallest absolute Gasteiger partial charge is 0.211 e. The van der Waals surface area contributed by atoms with E-state index >= 15 is 0 Å². The van der Waals surface area contributed by atoms with Crippen molar-refractivity contribution in [2.24, 2.45) is 0 Å². The normalized spacial score (nSPS) is 11.6. The maximum Gasteiger partial charge on any atom is 0.211 e. The molecule has 0 unspecified atom stereocenters. The number of hydrogen-bond donors (Lipinski definition) is 0. The quantitative estimate of drug-likeness (QED) is 0.169. The van der Waals surface area contributed by atoms with E-state index in [9.17, 15) is 5.26 Å². The number of benzene rings is 8. The van der Waals surface area contributed by atoms with Crippen LogP contribution in [0.3, 0.4) is 0 Å². The highest BCUT2D eigenvalue weighted by atomic mass is 15.1. The first-order chi connectivity index (χ1) is 27.2. The third-order valence-corrected chi connectivity index (χ3v) is 11.1. The van der Waals surface area contributed by atoms with Crippen LogP contribution in [0.2, 0.25) is 0 Å². The molecular weight excluding hydrogens is 671 g/mol. The van der Waals surface area contributed by atoms with Crippen LogP contribution in [0.15, 0.2) is 176 Å². The lowest BCUT2D eigenvalue weighted by molar-refractivity contribution is 1.12. The first kappa shape index (κ1) is 30.7. The van der Waals surface area contributed by atoms with Crippen LogP contribution in [0.4, 0.5) is 5.69 Å². The minimum absolute atomic E-state index is 0.582. The summed E-state index contributed by atoms with van der Waals surface area (Å²) >= 11 is 0. The van der Waals surface area contributed by atoms with Crippen molar-refractivity contribution in [2.45, 2.75) is 0 Å². The van der Waals surface area contributed by atoms with Gasteiger partial charge in [0.25, 0.3) is 0 Å². The van der Waals surface area contributed by atoms with Gasteiger partial charge in [-0.25, -0.2) is 4.85 Å². The lowest BCUT2D eigenvalue weighted by Crippen LogP contribution is -2.03. The highest BCUT2D eigenvalue weighted by Crippen LogP contribution is 2.42. The topological polar surface area (TPSA) is 42.9 Å². The second kappa shape index (κ2) is 11.8. The van der Waals surface area contributed by atoms with Crippen LogP contribution in [0, 0.1) is 17.9 Å². The molecule has 5 heteroatoms. The first-order valence-electron chi connectivity index (χ1n) is 18.3. The highest BCUT2D eigenvalue weighted by Gasteiger charge is 2.23. The Kier molecular flexibility index (Phi) is 6.61. The second-order valence-electron chi connectivity index (χ2n) is 13.9. The van der Waals surface area contributed by atoms with Crippen molar-refractivity contribution in [1.82, 2.24) is 13.7 Å². The number of nitrogens with zero attached hydrogens (tertiary/aromatic N) is 5. The maximum absolute atomic E-state index is 10.7. The number of aromatic nitrogens is 3. The molecule has 0 aliphatic heterocycles. The van der Waals surface area contributed by atoms with E-state index in [0.717, 1.165) is 93.6 Å². The van der Waals surface area contributed by atoms with Crippen molar-refractivity contribution < 1.29 is 0 Å². The molecule has 0 radical (unpaired) electrons. The van der Waals surface area contributed by atoms with Gasteiger partial charge in [-0.2, -0.15) is 5.26 Å². The Hall–Kier alpha value is -7.86. The van der Waals surface area contributed by atoms with Gasteiger partial charge in [-0.3, -0.25) is 0 Å². The summed E-state index contributed by atoms with van der Waals surface area (Å²) in [6.07, 6.45) is 0. The summed E-state index contributed by atoms with van der Waals surface area (Å²) in [5.74, 6) is 0. The molecule has 3 aromatic heterocycles. The number of rotatable bonds is 4. The van der Waals surface area contributed by atoms with Gasteiger partial charge >= 0.3 is 0 Å². The Morgan fingerprint density at radius 1 is 0.436 bits per heavy atom. The fraction of sp³-hybridized carbons (Fsp3) is 0. The Balaban J connectivity index is 1.15. The zero-order valence-corrected chi connectivity index (χ0v) is 29.5. The van der Waals surface area contributed by atoms with E-state index < -0.39 is 0 Å². The summed E-state index contributed by atoms with van der Waals surface area (Å²) in [5, 5.41) is 17.5. The molecule has 55 heavy (non-hydrogen) atoms. The molecule has 0 aliphatic carbocycles. The van der Waals surface area contributed by atoms with Crippen LogP contribution in [0.5, 0.6) is 0 Å². The lowest BCUT2D eigenvalue weighted by atomic mass is 10.0. The molecule has 8 aromatic carbocycles. The Bertz CT molecular complexity index is 3360. The number of hydrogen-bond acceptors (Lipinski definition) is 1. The van der Waals surface area contributed by atoms with Crippen LogP contribution >= 0.6 is 0 Å². The average Bonchev–Trinajstić information content (AvgIpc) is 3.89. The molecule has 3 heterocycles. The highest BCUT2D eigenvalue weighted by molar-refractivity contribution is 6.16. The minimum Gasteiger partial charge on any atom is -0.319 e. The molecule has 0 bridgehead atoms. The zero-order valence-electron chi connectivity index (χ0n) is 29.5. The SMILES string of the molecule is [C-]#[N+]c1cc(-c2cccc(-n3c4ccccc4c4ccc(C#N)c(-n5c6ccccc6c6ccccc65)c43)c2)ccc1-n1c2ccccc2c2ccccc21. The minimum atomic E-state index is 0.582. The van der Waals surface area contributed by atoms with Crippen molar-refractivity contribution in [3.63, 3.8) is 0 Å². The molecule has 11 aromatic rings. The fourth-order valence-corrected chi connectivity index (χ4v) is 8.78. The maximum atomic E-state index is 10.7. The van der Waals surface area contributed by atoms with Crippen LogP contribution in [-0.4, -0.2) is 13.7 Å². The third kappa shape index (κ3) is 4.39. The molecule has 0 saturated carbocycles. The molecule has 0 N–H and O–H groups in total. The van der Waals surface area contributed by atoms with Crippen LogP contribution in [0.1, 0.15) is 5.56 Å². The van der Waals surface area contributed by atoms with Crippen molar-refractivity contribution in [1.29, 1.82) is 5.26 Å². The molecule has 0 spiro atoms. The second-order valence-corrected chi connectivity index (χ2v) is 13.9. The fourth-order valence-electron chi connectivity index (χ4n) is 8.78. The molecule has 0 aliphatic rings. The summed E-state index contributed by atoms with van der Waals surface area (Å²) in [6, 6.07) is 63.4. The van der Waals surface area contributed by atoms with Crippen molar-refractivity contribution in [3.8, 4) is 34.3 Å². The molecule has 11 rings (SSSR count). The van der Waals surface area contributed by atoms with E-state index in [1.54, 1.807) is 0 Å². The van der Waals surface area contributed by atoms with Gasteiger partial charge < -0.3 is 13.7 Å². The van der Waals surface area contributed by atoms with Crippen LogP contribution < -0.4 is 0 Å². The van der Waals surface area contributed by atoms with Gasteiger partial charge in [-0.05, 0) is 71.8 Å². The summed E-state index contributed by atoms with van der Waals surface area (Å²) < 4.78 is 6.77. The predicted molar refractivity (Wildman–Crippen MR) is 226 cm³/mol. The van der Waals surface area contributed by atoms with Gasteiger partial charge in [0, 0.05) is 38.0 Å². The van der Waals surface area contributed by atoms with E-state index in [2.05, 4.69) is 188 Å². The molecule has 0 saturated heterocycles. The summed E-state index contributed by atoms with van der Waals surface area (Å²) in [4.78, 5) is 4.08. The lowest BCUT2D eigenvalue weighted by Gasteiger charge is -2.16. The standard InChI is InChI=1S/C50H29N5/c1-52-42-30-33(26-28-48(42)54-44-21-8-2-15-36(44)37-16-3-9-22-45(37)54)32-13-12-14-35(29-32)53-43-20-7-6-19-40(43)41-27-25-34(31-51)49(50(41)53)55-46-23-10-4-17-38(46)39-18-5-11-24-47(39)55/h2-30H. The number of nitriles is 1. The monoisotopic (exact) mass is 699 g/mol. The van der Waals surface area contributed by atoms with Gasteiger partial charge in [0.2, 0.25) is 5.69 Å². The predicted octanol–water partition coefficient (Wildman–Crippen LogP) is 13.1. The van der Waals surface area contributed by atoms with Crippen LogP contribution in [-0.2, 0) is 0 Å². The molecule has 0 amide bonds. The van der Waals surface area contributed by atoms with E-state index in [-0.39, 0.29) is 0 Å². The largest absolute Gasteiger partial charge is 0.319 e. The van der Waals surface area contributed by atoms with Gasteiger partial charge in [0.15, 0.2) is 0 Å². The Labute approximate surface area is 316 Å². The Morgan fingerprint density at radius 2 is 0.927 bits per heavy atom. The van der Waals surface area contributed by atoms with E-state index in [0.29, 0.717) is 11.3 Å². The van der Waals surface area contributed by atoms with E-state index in [1.165, 1.54) is 0 Å². The van der Waals surface area contributed by atoms with Crippen LogP contribution in [0.25, 0.3) is 98.5 Å². The van der Waals surface area contributed by atoms with E-state index in [1.807, 2.05) is 12.1 Å². The van der Waals surface area contributed by atoms with E-state index in [4.69, 9.17) is 6.57 Å². The van der Waals surface area contributed by atoms with Gasteiger partial charge in [0.1, 0.15) is 6.07 Å². The van der Waals surface area contributed by atoms with Crippen molar-refractivity contribution in [2.75, 3.05) is 0 Å². The molecule has 254 valence electrons. The summed E-state index contributed by atoms with van der Waals surface area (Å²) in [7, 11) is 0.